The van der Waals surface area contributed by atoms with Gasteiger partial charge in [0.05, 0.1) is 23.4 Å². The number of benzene rings is 2. The summed E-state index contributed by atoms with van der Waals surface area (Å²) in [6.45, 7) is 1.95. The third kappa shape index (κ3) is 4.44. The second-order valence-electron chi connectivity index (χ2n) is 5.85. The van der Waals surface area contributed by atoms with Gasteiger partial charge in [-0.15, -0.1) is 0 Å². The van der Waals surface area contributed by atoms with Crippen LogP contribution in [-0.2, 0) is 4.74 Å². The lowest BCUT2D eigenvalue weighted by atomic mass is 10.2. The lowest BCUT2D eigenvalue weighted by molar-refractivity contribution is 0.0600. The minimum atomic E-state index is -0.529. The first-order valence-electron chi connectivity index (χ1n) is 8.33. The summed E-state index contributed by atoms with van der Waals surface area (Å²) in [5, 5.41) is 6.02. The van der Waals surface area contributed by atoms with Gasteiger partial charge in [0.25, 0.3) is 5.91 Å². The fraction of sp³-hybridized carbons (Fsp3) is 0.100. The van der Waals surface area contributed by atoms with E-state index in [0.717, 1.165) is 11.3 Å². The summed E-state index contributed by atoms with van der Waals surface area (Å²) >= 11 is 6.12. The number of esters is 1. The number of halogens is 1. The molecule has 0 unspecified atom stereocenters. The number of aromatic nitrogens is 2. The van der Waals surface area contributed by atoms with E-state index in [1.54, 1.807) is 0 Å². The van der Waals surface area contributed by atoms with Crippen LogP contribution in [0.2, 0.25) is 5.02 Å². The first-order chi connectivity index (χ1) is 13.5. The lowest BCUT2D eigenvalue weighted by Gasteiger charge is -2.10. The summed E-state index contributed by atoms with van der Waals surface area (Å²) in [5.41, 5.74) is 2.56. The molecule has 0 bridgehead atoms. The zero-order valence-corrected chi connectivity index (χ0v) is 15.9. The summed E-state index contributed by atoms with van der Waals surface area (Å²) in [6, 6.07) is 13.6. The van der Waals surface area contributed by atoms with Gasteiger partial charge in [-0.3, -0.25) is 4.79 Å². The third-order valence-electron chi connectivity index (χ3n) is 3.92. The van der Waals surface area contributed by atoms with E-state index in [-0.39, 0.29) is 27.9 Å². The van der Waals surface area contributed by atoms with Gasteiger partial charge in [-0.25, -0.2) is 14.8 Å². The predicted molar refractivity (Wildman–Crippen MR) is 107 cm³/mol. The van der Waals surface area contributed by atoms with Crippen LogP contribution >= 0.6 is 11.6 Å². The van der Waals surface area contributed by atoms with Gasteiger partial charge in [-0.2, -0.15) is 0 Å². The van der Waals surface area contributed by atoms with E-state index in [4.69, 9.17) is 11.6 Å². The van der Waals surface area contributed by atoms with Crippen molar-refractivity contribution in [3.05, 3.63) is 76.6 Å². The summed E-state index contributed by atoms with van der Waals surface area (Å²) in [7, 11) is 1.28. The molecule has 1 aromatic heterocycles. The van der Waals surface area contributed by atoms with Gasteiger partial charge in [-0.05, 0) is 42.8 Å². The molecule has 0 saturated heterocycles. The Morgan fingerprint density at radius 2 is 1.86 bits per heavy atom. The molecule has 28 heavy (non-hydrogen) atoms. The maximum absolute atomic E-state index is 12.6. The number of rotatable bonds is 5. The molecule has 142 valence electrons. The van der Waals surface area contributed by atoms with Crippen LogP contribution in [0.1, 0.15) is 26.4 Å². The number of amides is 1. The van der Waals surface area contributed by atoms with Crippen molar-refractivity contribution in [2.75, 3.05) is 17.7 Å². The highest BCUT2D eigenvalue weighted by molar-refractivity contribution is 6.34. The fourth-order valence-electron chi connectivity index (χ4n) is 2.43. The normalized spacial score (nSPS) is 10.2. The number of para-hydroxylation sites is 1. The van der Waals surface area contributed by atoms with Gasteiger partial charge in [0.2, 0.25) is 5.95 Å². The van der Waals surface area contributed by atoms with Gasteiger partial charge >= 0.3 is 5.97 Å². The molecule has 1 heterocycles. The molecule has 2 N–H and O–H groups in total. The highest BCUT2D eigenvalue weighted by Gasteiger charge is 2.14. The fourth-order valence-corrected chi connectivity index (χ4v) is 2.60. The number of hydrogen-bond donors (Lipinski definition) is 2. The number of nitrogens with zero attached hydrogens (tertiary/aromatic N) is 2. The number of methoxy groups -OCH3 is 1. The van der Waals surface area contributed by atoms with Crippen LogP contribution in [0.5, 0.6) is 0 Å². The Hall–Kier alpha value is -3.45. The molecule has 0 radical (unpaired) electrons. The standard InChI is InChI=1S/C20H17ClN4O3/c1-12-5-3-4-6-15(12)24-20-22-10-9-16(25-20)18(26)23-17-11-13(19(27)28-2)7-8-14(17)21/h3-11H,1-2H3,(H,23,26)(H,22,24,25). The summed E-state index contributed by atoms with van der Waals surface area (Å²) < 4.78 is 4.68. The minimum Gasteiger partial charge on any atom is -0.465 e. The van der Waals surface area contributed by atoms with Gasteiger partial charge in [0.15, 0.2) is 0 Å². The Morgan fingerprint density at radius 3 is 2.61 bits per heavy atom. The zero-order valence-electron chi connectivity index (χ0n) is 15.2. The molecule has 3 aromatic rings. The van der Waals surface area contributed by atoms with Crippen molar-refractivity contribution in [1.29, 1.82) is 0 Å². The van der Waals surface area contributed by atoms with Gasteiger partial charge in [0.1, 0.15) is 5.69 Å². The first kappa shape index (κ1) is 19.3. The molecule has 0 aliphatic rings. The van der Waals surface area contributed by atoms with E-state index in [1.165, 1.54) is 37.6 Å². The Bertz CT molecular complexity index is 1040. The van der Waals surface area contributed by atoms with Crippen LogP contribution in [0.15, 0.2) is 54.7 Å². The average Bonchev–Trinajstić information content (AvgIpc) is 2.71. The maximum atomic E-state index is 12.6. The molecule has 7 nitrogen and oxygen atoms in total. The second-order valence-corrected chi connectivity index (χ2v) is 6.25. The summed E-state index contributed by atoms with van der Waals surface area (Å²) in [5.74, 6) is -0.727. The molecule has 8 heteroatoms. The van der Waals surface area contributed by atoms with Crippen molar-refractivity contribution in [2.24, 2.45) is 0 Å². The molecule has 0 aliphatic heterocycles. The molecule has 2 aromatic carbocycles. The molecular weight excluding hydrogens is 380 g/mol. The summed E-state index contributed by atoms with van der Waals surface area (Å²) in [6.07, 6.45) is 1.48. The molecule has 0 aliphatic carbocycles. The van der Waals surface area contributed by atoms with Crippen LogP contribution in [0.4, 0.5) is 17.3 Å². The topological polar surface area (TPSA) is 93.2 Å². The van der Waals surface area contributed by atoms with Crippen LogP contribution < -0.4 is 10.6 Å². The van der Waals surface area contributed by atoms with Gasteiger partial charge in [-0.1, -0.05) is 29.8 Å². The summed E-state index contributed by atoms with van der Waals surface area (Å²) in [4.78, 5) is 32.6. The van der Waals surface area contributed by atoms with E-state index in [2.05, 4.69) is 25.3 Å². The highest BCUT2D eigenvalue weighted by atomic mass is 35.5. The smallest absolute Gasteiger partial charge is 0.337 e. The molecule has 0 saturated carbocycles. The number of nitrogens with one attached hydrogen (secondary N) is 2. The number of ether oxygens (including phenoxy) is 1. The molecule has 0 atom stereocenters. The minimum absolute atomic E-state index is 0.144. The molecule has 3 rings (SSSR count). The number of aryl methyl sites for hydroxylation is 1. The molecule has 1 amide bonds. The average molecular weight is 397 g/mol. The van der Waals surface area contributed by atoms with Crippen molar-refractivity contribution in [2.45, 2.75) is 6.92 Å². The number of carbonyl (C=O) groups is 2. The van der Waals surface area contributed by atoms with Gasteiger partial charge < -0.3 is 15.4 Å². The largest absolute Gasteiger partial charge is 0.465 e. The Labute approximate surface area is 166 Å². The monoisotopic (exact) mass is 396 g/mol. The van der Waals surface area contributed by atoms with Crippen LogP contribution in [0.25, 0.3) is 0 Å². The quantitative estimate of drug-likeness (QED) is 0.627. The Morgan fingerprint density at radius 1 is 1.07 bits per heavy atom. The van der Waals surface area contributed by atoms with E-state index >= 15 is 0 Å². The zero-order chi connectivity index (χ0) is 20.1. The first-order valence-corrected chi connectivity index (χ1v) is 8.70. The Balaban J connectivity index is 1.80. The van der Waals surface area contributed by atoms with Crippen LogP contribution in [0, 0.1) is 6.92 Å². The van der Waals surface area contributed by atoms with Crippen LogP contribution in [0.3, 0.4) is 0 Å². The number of hydrogen-bond acceptors (Lipinski definition) is 6. The molecule has 0 spiro atoms. The number of carbonyl (C=O) groups excluding carboxylic acids is 2. The third-order valence-corrected chi connectivity index (χ3v) is 4.25. The van der Waals surface area contributed by atoms with Crippen LogP contribution in [-0.4, -0.2) is 29.0 Å². The van der Waals surface area contributed by atoms with Crippen molar-refractivity contribution < 1.29 is 14.3 Å². The van der Waals surface area contributed by atoms with E-state index in [9.17, 15) is 9.59 Å². The molecule has 0 fully saturated rings. The van der Waals surface area contributed by atoms with E-state index in [1.807, 2.05) is 31.2 Å². The Kier molecular flexibility index (Phi) is 5.86. The van der Waals surface area contributed by atoms with E-state index < -0.39 is 11.9 Å². The second kappa shape index (κ2) is 8.49. The maximum Gasteiger partial charge on any atom is 0.337 e. The van der Waals surface area contributed by atoms with Gasteiger partial charge in [0, 0.05) is 11.9 Å². The van der Waals surface area contributed by atoms with Crippen molar-refractivity contribution in [3.63, 3.8) is 0 Å². The lowest BCUT2D eigenvalue weighted by Crippen LogP contribution is -2.15. The predicted octanol–water partition coefficient (Wildman–Crippen LogP) is 4.22. The van der Waals surface area contributed by atoms with E-state index in [0.29, 0.717) is 0 Å². The number of anilines is 3. The molecular formula is C20H17ClN4O3. The van der Waals surface area contributed by atoms with Crippen molar-refractivity contribution in [3.8, 4) is 0 Å². The SMILES string of the molecule is COC(=O)c1ccc(Cl)c(NC(=O)c2ccnc(Nc3ccccc3C)n2)c1. The van der Waals surface area contributed by atoms with Crippen molar-refractivity contribution in [1.82, 2.24) is 9.97 Å². The highest BCUT2D eigenvalue weighted by Crippen LogP contribution is 2.24. The van der Waals surface area contributed by atoms with Crippen molar-refractivity contribution >= 4 is 40.8 Å².